The van der Waals surface area contributed by atoms with E-state index in [4.69, 9.17) is 11.6 Å². The van der Waals surface area contributed by atoms with E-state index in [1.165, 1.54) is 18.4 Å². The van der Waals surface area contributed by atoms with E-state index in [1.54, 1.807) is 0 Å². The van der Waals surface area contributed by atoms with Gasteiger partial charge in [0.1, 0.15) is 0 Å². The van der Waals surface area contributed by atoms with Gasteiger partial charge in [0.2, 0.25) is 0 Å². The molecule has 1 aliphatic heterocycles. The van der Waals surface area contributed by atoms with Gasteiger partial charge >= 0.3 is 0 Å². The van der Waals surface area contributed by atoms with Crippen molar-refractivity contribution in [2.45, 2.75) is 31.8 Å². The van der Waals surface area contributed by atoms with Gasteiger partial charge in [0, 0.05) is 13.1 Å². The van der Waals surface area contributed by atoms with E-state index in [2.05, 4.69) is 22.3 Å². The summed E-state index contributed by atoms with van der Waals surface area (Å²) in [5.74, 6) is 0. The second-order valence-corrected chi connectivity index (χ2v) is 5.25. The SMILES string of the molecule is CNCc1ccc(N2CCCCC2CO)c(Cl)c1. The van der Waals surface area contributed by atoms with Gasteiger partial charge in [-0.3, -0.25) is 0 Å². The molecule has 1 aromatic carbocycles. The number of nitrogens with zero attached hydrogens (tertiary/aromatic N) is 1. The third-order valence-electron chi connectivity index (χ3n) is 3.54. The van der Waals surface area contributed by atoms with Crippen LogP contribution in [-0.4, -0.2) is 31.3 Å². The summed E-state index contributed by atoms with van der Waals surface area (Å²) in [5, 5.41) is 13.4. The van der Waals surface area contributed by atoms with Gasteiger partial charge in [-0.2, -0.15) is 0 Å². The lowest BCUT2D eigenvalue weighted by Crippen LogP contribution is -2.42. The molecule has 1 heterocycles. The van der Waals surface area contributed by atoms with Gasteiger partial charge in [-0.1, -0.05) is 17.7 Å². The smallest absolute Gasteiger partial charge is 0.0642 e. The highest BCUT2D eigenvalue weighted by Crippen LogP contribution is 2.31. The maximum atomic E-state index is 9.46. The van der Waals surface area contributed by atoms with Gasteiger partial charge in [0.15, 0.2) is 0 Å². The summed E-state index contributed by atoms with van der Waals surface area (Å²) in [4.78, 5) is 2.25. The molecule has 100 valence electrons. The second-order valence-electron chi connectivity index (χ2n) is 4.84. The number of nitrogens with one attached hydrogen (secondary N) is 1. The molecule has 2 N–H and O–H groups in total. The van der Waals surface area contributed by atoms with E-state index >= 15 is 0 Å². The fourth-order valence-corrected chi connectivity index (χ4v) is 2.92. The summed E-state index contributed by atoms with van der Waals surface area (Å²) >= 11 is 6.37. The zero-order chi connectivity index (χ0) is 13.0. The number of benzene rings is 1. The van der Waals surface area contributed by atoms with Crippen molar-refractivity contribution in [3.05, 3.63) is 28.8 Å². The van der Waals surface area contributed by atoms with Crippen molar-refractivity contribution in [1.29, 1.82) is 0 Å². The van der Waals surface area contributed by atoms with Crippen LogP contribution < -0.4 is 10.2 Å². The number of piperidine rings is 1. The summed E-state index contributed by atoms with van der Waals surface area (Å²) in [6.45, 7) is 2.01. The highest BCUT2D eigenvalue weighted by molar-refractivity contribution is 6.33. The number of hydrogen-bond acceptors (Lipinski definition) is 3. The minimum Gasteiger partial charge on any atom is -0.394 e. The molecule has 3 nitrogen and oxygen atoms in total. The van der Waals surface area contributed by atoms with Gasteiger partial charge in [-0.25, -0.2) is 0 Å². The number of aliphatic hydroxyl groups excluding tert-OH is 1. The van der Waals surface area contributed by atoms with E-state index in [0.717, 1.165) is 30.2 Å². The van der Waals surface area contributed by atoms with E-state index < -0.39 is 0 Å². The largest absolute Gasteiger partial charge is 0.394 e. The van der Waals surface area contributed by atoms with Crippen LogP contribution in [0.4, 0.5) is 5.69 Å². The molecule has 1 unspecified atom stereocenters. The Morgan fingerprint density at radius 3 is 2.94 bits per heavy atom. The minimum absolute atomic E-state index is 0.203. The molecule has 0 saturated carbocycles. The molecule has 1 atom stereocenters. The van der Waals surface area contributed by atoms with Gasteiger partial charge < -0.3 is 15.3 Å². The number of halogens is 1. The van der Waals surface area contributed by atoms with Crippen LogP contribution in [0.1, 0.15) is 24.8 Å². The summed E-state index contributed by atoms with van der Waals surface area (Å²) in [5.41, 5.74) is 2.24. The first-order valence-electron chi connectivity index (χ1n) is 6.56. The lowest BCUT2D eigenvalue weighted by atomic mass is 10.0. The Morgan fingerprint density at radius 2 is 2.28 bits per heavy atom. The van der Waals surface area contributed by atoms with Gasteiger partial charge in [-0.05, 0) is 44.0 Å². The monoisotopic (exact) mass is 268 g/mol. The Hall–Kier alpha value is -0.770. The minimum atomic E-state index is 0.203. The van der Waals surface area contributed by atoms with Crippen LogP contribution >= 0.6 is 11.6 Å². The zero-order valence-corrected chi connectivity index (χ0v) is 11.6. The molecule has 1 fully saturated rings. The molecule has 0 bridgehead atoms. The molecule has 2 rings (SSSR count). The first-order chi connectivity index (χ1) is 8.76. The second kappa shape index (κ2) is 6.41. The maximum absolute atomic E-state index is 9.46. The van der Waals surface area contributed by atoms with Gasteiger partial charge in [0.05, 0.1) is 23.4 Å². The van der Waals surface area contributed by atoms with Crippen molar-refractivity contribution in [1.82, 2.24) is 5.32 Å². The fraction of sp³-hybridized carbons (Fsp3) is 0.571. The summed E-state index contributed by atoms with van der Waals surface area (Å²) in [7, 11) is 1.92. The molecule has 4 heteroatoms. The molecular formula is C14H21ClN2O. The van der Waals surface area contributed by atoms with Crippen LogP contribution in [0.15, 0.2) is 18.2 Å². The fourth-order valence-electron chi connectivity index (χ4n) is 2.60. The van der Waals surface area contributed by atoms with Crippen LogP contribution in [0.3, 0.4) is 0 Å². The molecule has 1 aliphatic rings. The predicted molar refractivity (Wildman–Crippen MR) is 76.3 cm³/mol. The number of hydrogen-bond donors (Lipinski definition) is 2. The molecule has 0 aliphatic carbocycles. The van der Waals surface area contributed by atoms with Crippen molar-refractivity contribution in [3.8, 4) is 0 Å². The standard InChI is InChI=1S/C14H21ClN2O/c1-16-9-11-5-6-14(13(15)8-11)17-7-3-2-4-12(17)10-18/h5-6,8,12,16,18H,2-4,7,9-10H2,1H3. The van der Waals surface area contributed by atoms with E-state index in [1.807, 2.05) is 13.1 Å². The van der Waals surface area contributed by atoms with Crippen LogP contribution in [0.2, 0.25) is 5.02 Å². The first-order valence-corrected chi connectivity index (χ1v) is 6.94. The average Bonchev–Trinajstić information content (AvgIpc) is 2.39. The summed E-state index contributed by atoms with van der Waals surface area (Å²) in [6, 6.07) is 6.39. The Morgan fingerprint density at radius 1 is 1.44 bits per heavy atom. The Kier molecular flexibility index (Phi) is 4.87. The van der Waals surface area contributed by atoms with Crippen LogP contribution in [-0.2, 0) is 6.54 Å². The number of rotatable bonds is 4. The quantitative estimate of drug-likeness (QED) is 0.880. The van der Waals surface area contributed by atoms with Crippen LogP contribution in [0.5, 0.6) is 0 Å². The topological polar surface area (TPSA) is 35.5 Å². The Balaban J connectivity index is 2.21. The van der Waals surface area contributed by atoms with Crippen LogP contribution in [0.25, 0.3) is 0 Å². The van der Waals surface area contributed by atoms with Gasteiger partial charge in [0.25, 0.3) is 0 Å². The summed E-state index contributed by atoms with van der Waals surface area (Å²) in [6.07, 6.45) is 3.41. The lowest BCUT2D eigenvalue weighted by molar-refractivity contribution is 0.240. The molecule has 0 aromatic heterocycles. The highest BCUT2D eigenvalue weighted by atomic mass is 35.5. The van der Waals surface area contributed by atoms with Crippen molar-refractivity contribution in [3.63, 3.8) is 0 Å². The zero-order valence-electron chi connectivity index (χ0n) is 10.8. The molecule has 18 heavy (non-hydrogen) atoms. The summed E-state index contributed by atoms with van der Waals surface area (Å²) < 4.78 is 0. The van der Waals surface area contributed by atoms with Gasteiger partial charge in [-0.15, -0.1) is 0 Å². The van der Waals surface area contributed by atoms with Crippen molar-refractivity contribution in [2.24, 2.45) is 0 Å². The Labute approximate surface area is 114 Å². The van der Waals surface area contributed by atoms with E-state index in [-0.39, 0.29) is 12.6 Å². The van der Waals surface area contributed by atoms with Crippen molar-refractivity contribution >= 4 is 17.3 Å². The highest BCUT2D eigenvalue weighted by Gasteiger charge is 2.23. The van der Waals surface area contributed by atoms with E-state index in [0.29, 0.717) is 0 Å². The van der Waals surface area contributed by atoms with Crippen molar-refractivity contribution in [2.75, 3.05) is 25.1 Å². The van der Waals surface area contributed by atoms with Crippen molar-refractivity contribution < 1.29 is 5.11 Å². The normalized spacial score (nSPS) is 20.2. The average molecular weight is 269 g/mol. The third kappa shape index (κ3) is 2.97. The third-order valence-corrected chi connectivity index (χ3v) is 3.84. The Bertz CT molecular complexity index is 397. The lowest BCUT2D eigenvalue weighted by Gasteiger charge is -2.37. The molecule has 0 amide bonds. The van der Waals surface area contributed by atoms with E-state index in [9.17, 15) is 5.11 Å². The maximum Gasteiger partial charge on any atom is 0.0642 e. The molecular weight excluding hydrogens is 248 g/mol. The predicted octanol–water partition coefficient (Wildman–Crippen LogP) is 2.41. The molecule has 0 radical (unpaired) electrons. The first kappa shape index (κ1) is 13.7. The molecule has 1 aromatic rings. The van der Waals surface area contributed by atoms with Crippen LogP contribution in [0, 0.1) is 0 Å². The number of aliphatic hydroxyl groups is 1. The molecule has 0 spiro atoms. The number of anilines is 1. The molecule has 1 saturated heterocycles.